The molecule has 34 heavy (non-hydrogen) atoms. The van der Waals surface area contributed by atoms with Gasteiger partial charge >= 0.3 is 0 Å². The fourth-order valence-electron chi connectivity index (χ4n) is 4.15. The van der Waals surface area contributed by atoms with E-state index in [-0.39, 0.29) is 17.9 Å². The minimum Gasteiger partial charge on any atom is -0.486 e. The number of benzene rings is 3. The first-order chi connectivity index (χ1) is 16.5. The molecule has 9 heteroatoms. The number of amides is 1. The number of fused-ring (bicyclic) bond motifs is 2. The third kappa shape index (κ3) is 4.09. The number of carbonyl (C=O) groups excluding carboxylic acids is 1. The highest BCUT2D eigenvalue weighted by Gasteiger charge is 2.40. The Morgan fingerprint density at radius 3 is 2.41 bits per heavy atom. The smallest absolute Gasteiger partial charge is 0.244 e. The molecule has 2 aliphatic rings. The van der Waals surface area contributed by atoms with Gasteiger partial charge in [-0.05, 0) is 53.9 Å². The van der Waals surface area contributed by atoms with Gasteiger partial charge in [0.25, 0.3) is 0 Å². The molecule has 0 aromatic heterocycles. The van der Waals surface area contributed by atoms with Gasteiger partial charge in [-0.3, -0.25) is 4.79 Å². The second-order valence-corrected chi connectivity index (χ2v) is 9.91. The molecule has 0 saturated heterocycles. The Hall–Kier alpha value is -3.87. The van der Waals surface area contributed by atoms with Gasteiger partial charge in [-0.1, -0.05) is 24.3 Å². The Bertz CT molecular complexity index is 1400. The van der Waals surface area contributed by atoms with Crippen LogP contribution >= 0.6 is 0 Å². The van der Waals surface area contributed by atoms with Crippen LogP contribution < -0.4 is 14.8 Å². The van der Waals surface area contributed by atoms with Gasteiger partial charge in [-0.25, -0.2) is 8.42 Å². The molecule has 3 aromatic rings. The van der Waals surface area contributed by atoms with E-state index < -0.39 is 22.0 Å². The molecule has 0 radical (unpaired) electrons. The van der Waals surface area contributed by atoms with E-state index in [0.29, 0.717) is 36.0 Å². The second kappa shape index (κ2) is 8.82. The Kier molecular flexibility index (Phi) is 5.69. The number of nitrogens with one attached hydrogen (secondary N) is 1. The minimum atomic E-state index is -4.04. The van der Waals surface area contributed by atoms with Crippen LogP contribution in [0.25, 0.3) is 0 Å². The summed E-state index contributed by atoms with van der Waals surface area (Å²) >= 11 is 0. The standard InChI is InChI=1S/C25H21N3O5S/c26-15-17-5-7-20(8-6-17)27-25(29)22-13-18-3-1-2-4-19(18)16-28(22)34(30,31)21-9-10-23-24(14-21)33-12-11-32-23/h1-10,14,22H,11-13,16H2,(H,27,29)/t22-/m1/s1. The lowest BCUT2D eigenvalue weighted by Gasteiger charge is -2.35. The topological polar surface area (TPSA) is 109 Å². The normalized spacial score (nSPS) is 17.3. The molecule has 1 N–H and O–H groups in total. The zero-order valence-corrected chi connectivity index (χ0v) is 18.9. The molecule has 172 valence electrons. The van der Waals surface area contributed by atoms with Crippen LogP contribution in [0, 0.1) is 11.3 Å². The Labute approximate surface area is 197 Å². The maximum Gasteiger partial charge on any atom is 0.244 e. The summed E-state index contributed by atoms with van der Waals surface area (Å²) in [6.45, 7) is 0.807. The van der Waals surface area contributed by atoms with Gasteiger partial charge in [-0.15, -0.1) is 0 Å². The third-order valence-corrected chi connectivity index (χ3v) is 7.76. The van der Waals surface area contributed by atoms with Crippen molar-refractivity contribution in [2.24, 2.45) is 0 Å². The van der Waals surface area contributed by atoms with Crippen LogP contribution in [0.15, 0.2) is 71.6 Å². The quantitative estimate of drug-likeness (QED) is 0.621. The van der Waals surface area contributed by atoms with Crippen molar-refractivity contribution in [1.29, 1.82) is 5.26 Å². The summed E-state index contributed by atoms with van der Waals surface area (Å²) in [5, 5.41) is 11.8. The van der Waals surface area contributed by atoms with Crippen molar-refractivity contribution in [3.8, 4) is 17.6 Å². The maximum absolute atomic E-state index is 13.7. The molecule has 0 aliphatic carbocycles. The van der Waals surface area contributed by atoms with E-state index in [1.807, 2.05) is 30.3 Å². The average molecular weight is 476 g/mol. The number of hydrogen-bond acceptors (Lipinski definition) is 6. The average Bonchev–Trinajstić information content (AvgIpc) is 2.88. The fourth-order valence-corrected chi connectivity index (χ4v) is 5.73. The summed E-state index contributed by atoms with van der Waals surface area (Å²) in [5.41, 5.74) is 2.73. The third-order valence-electron chi connectivity index (χ3n) is 5.91. The van der Waals surface area contributed by atoms with Crippen LogP contribution in [0.5, 0.6) is 11.5 Å². The maximum atomic E-state index is 13.7. The molecule has 0 spiro atoms. The lowest BCUT2D eigenvalue weighted by atomic mass is 9.95. The van der Waals surface area contributed by atoms with Crippen molar-refractivity contribution >= 4 is 21.6 Å². The first-order valence-corrected chi connectivity index (χ1v) is 12.2. The summed E-state index contributed by atoms with van der Waals surface area (Å²) in [6.07, 6.45) is 0.238. The van der Waals surface area contributed by atoms with Gasteiger partial charge < -0.3 is 14.8 Å². The number of sulfonamides is 1. The number of nitrogens with zero attached hydrogens (tertiary/aromatic N) is 2. The Morgan fingerprint density at radius 2 is 1.68 bits per heavy atom. The number of nitriles is 1. The van der Waals surface area contributed by atoms with Crippen LogP contribution in [0.3, 0.4) is 0 Å². The molecule has 1 atom stereocenters. The van der Waals surface area contributed by atoms with Gasteiger partial charge in [0.05, 0.1) is 16.5 Å². The van der Waals surface area contributed by atoms with Gasteiger partial charge in [0.15, 0.2) is 11.5 Å². The lowest BCUT2D eigenvalue weighted by molar-refractivity contribution is -0.120. The highest BCUT2D eigenvalue weighted by molar-refractivity contribution is 7.89. The summed E-state index contributed by atoms with van der Waals surface area (Å²) in [6, 6.07) is 19.5. The predicted octanol–water partition coefficient (Wildman–Crippen LogP) is 3.08. The fraction of sp³-hybridized carbons (Fsp3) is 0.200. The van der Waals surface area contributed by atoms with Crippen LogP contribution in [0.2, 0.25) is 0 Å². The summed E-state index contributed by atoms with van der Waals surface area (Å²) < 4.78 is 39.8. The number of ether oxygens (including phenoxy) is 2. The molecular weight excluding hydrogens is 454 g/mol. The van der Waals surface area contributed by atoms with E-state index in [9.17, 15) is 13.2 Å². The number of rotatable bonds is 4. The molecule has 0 fully saturated rings. The SMILES string of the molecule is N#Cc1ccc(NC(=O)[C@H]2Cc3ccccc3CN2S(=O)(=O)c2ccc3c(c2)OCCO3)cc1. The second-order valence-electron chi connectivity index (χ2n) is 8.02. The van der Waals surface area contributed by atoms with E-state index in [2.05, 4.69) is 5.32 Å². The van der Waals surface area contributed by atoms with Crippen molar-refractivity contribution in [3.63, 3.8) is 0 Å². The van der Waals surface area contributed by atoms with E-state index in [1.54, 1.807) is 30.3 Å². The molecule has 2 heterocycles. The number of anilines is 1. The Morgan fingerprint density at radius 1 is 0.971 bits per heavy atom. The van der Waals surface area contributed by atoms with Gasteiger partial charge in [0, 0.05) is 18.3 Å². The van der Waals surface area contributed by atoms with E-state index in [1.165, 1.54) is 16.4 Å². The first-order valence-electron chi connectivity index (χ1n) is 10.7. The van der Waals surface area contributed by atoms with Crippen LogP contribution in [0.4, 0.5) is 5.69 Å². The van der Waals surface area contributed by atoms with Gasteiger partial charge in [0.2, 0.25) is 15.9 Å². The van der Waals surface area contributed by atoms with Crippen molar-refractivity contribution in [2.45, 2.75) is 23.9 Å². The summed E-state index contributed by atoms with van der Waals surface area (Å²) in [5.74, 6) is 0.410. The molecule has 0 bridgehead atoms. The minimum absolute atomic E-state index is 0.0345. The highest BCUT2D eigenvalue weighted by atomic mass is 32.2. The van der Waals surface area contributed by atoms with Crippen LogP contribution in [-0.2, 0) is 27.8 Å². The number of hydrogen-bond donors (Lipinski definition) is 1. The van der Waals surface area contributed by atoms with Crippen molar-refractivity contribution in [3.05, 3.63) is 83.4 Å². The molecule has 2 aliphatic heterocycles. The highest BCUT2D eigenvalue weighted by Crippen LogP contribution is 2.35. The summed E-state index contributed by atoms with van der Waals surface area (Å²) in [4.78, 5) is 13.4. The van der Waals surface area contributed by atoms with Crippen molar-refractivity contribution in [2.75, 3.05) is 18.5 Å². The number of carbonyl (C=O) groups is 1. The lowest BCUT2D eigenvalue weighted by Crippen LogP contribution is -2.50. The van der Waals surface area contributed by atoms with Crippen LogP contribution in [-0.4, -0.2) is 37.9 Å². The van der Waals surface area contributed by atoms with E-state index >= 15 is 0 Å². The monoisotopic (exact) mass is 475 g/mol. The Balaban J connectivity index is 1.49. The van der Waals surface area contributed by atoms with E-state index in [0.717, 1.165) is 11.1 Å². The van der Waals surface area contributed by atoms with Gasteiger partial charge in [-0.2, -0.15) is 9.57 Å². The molecule has 0 unspecified atom stereocenters. The first kappa shape index (κ1) is 21.9. The zero-order chi connectivity index (χ0) is 23.7. The molecule has 8 nitrogen and oxygen atoms in total. The largest absolute Gasteiger partial charge is 0.486 e. The summed E-state index contributed by atoms with van der Waals surface area (Å²) in [7, 11) is -4.04. The predicted molar refractivity (Wildman–Crippen MR) is 124 cm³/mol. The molecule has 5 rings (SSSR count). The zero-order valence-electron chi connectivity index (χ0n) is 18.1. The molecule has 3 aromatic carbocycles. The van der Waals surface area contributed by atoms with Crippen molar-refractivity contribution < 1.29 is 22.7 Å². The van der Waals surface area contributed by atoms with Crippen LogP contribution in [0.1, 0.15) is 16.7 Å². The molecule has 0 saturated carbocycles. The van der Waals surface area contributed by atoms with Crippen molar-refractivity contribution in [1.82, 2.24) is 4.31 Å². The molecule has 1 amide bonds. The molecular formula is C25H21N3O5S. The van der Waals surface area contributed by atoms with E-state index in [4.69, 9.17) is 14.7 Å². The van der Waals surface area contributed by atoms with Gasteiger partial charge in [0.1, 0.15) is 19.3 Å².